The number of nitrogens with zero attached hydrogens (tertiary/aromatic N) is 1. The average Bonchev–Trinajstić information content (AvgIpc) is 3.52. The van der Waals surface area contributed by atoms with E-state index in [0.717, 1.165) is 31.2 Å². The minimum Gasteiger partial charge on any atom is -0.459 e. The highest BCUT2D eigenvalue weighted by Gasteiger charge is 2.37. The minimum absolute atomic E-state index is 0.0238. The summed E-state index contributed by atoms with van der Waals surface area (Å²) in [6.07, 6.45) is 5.25. The van der Waals surface area contributed by atoms with E-state index in [9.17, 15) is 9.59 Å². The van der Waals surface area contributed by atoms with Gasteiger partial charge in [0, 0.05) is 17.3 Å². The standard InChI is InChI=1S/C27H29FN2O3/c1-18(2)19-13-15-21(16-14-19)30(27(32)24-12-7-17-33-24)25(22-10-5-6-11-23(22)28)26(31)29-20-8-3-4-9-20/h5-7,10-18,20,25H,3-4,8-9H2,1-2H3,(H,29,31)/t25-/m1/s1. The van der Waals surface area contributed by atoms with E-state index in [4.69, 9.17) is 4.42 Å². The molecule has 1 atom stereocenters. The molecule has 0 unspecified atom stereocenters. The number of furan rings is 1. The molecule has 0 saturated heterocycles. The highest BCUT2D eigenvalue weighted by Crippen LogP contribution is 2.33. The minimum atomic E-state index is -1.19. The van der Waals surface area contributed by atoms with Crippen LogP contribution < -0.4 is 10.2 Å². The van der Waals surface area contributed by atoms with Gasteiger partial charge < -0.3 is 9.73 Å². The van der Waals surface area contributed by atoms with Gasteiger partial charge in [0.25, 0.3) is 5.91 Å². The van der Waals surface area contributed by atoms with Crippen LogP contribution in [0, 0.1) is 5.82 Å². The number of rotatable bonds is 7. The van der Waals surface area contributed by atoms with E-state index < -0.39 is 23.7 Å². The molecule has 1 aliphatic rings. The molecule has 5 nitrogen and oxygen atoms in total. The molecule has 3 aromatic rings. The topological polar surface area (TPSA) is 62.6 Å². The maximum absolute atomic E-state index is 15.0. The van der Waals surface area contributed by atoms with Crippen LogP contribution >= 0.6 is 0 Å². The normalized spacial score (nSPS) is 14.9. The molecule has 172 valence electrons. The molecule has 1 saturated carbocycles. The molecule has 0 spiro atoms. The quantitative estimate of drug-likeness (QED) is 0.483. The predicted octanol–water partition coefficient (Wildman–Crippen LogP) is 5.99. The fraction of sp³-hybridized carbons (Fsp3) is 0.333. The Morgan fingerprint density at radius 2 is 1.70 bits per heavy atom. The molecule has 2 aromatic carbocycles. The van der Waals surface area contributed by atoms with E-state index in [-0.39, 0.29) is 17.4 Å². The van der Waals surface area contributed by atoms with Gasteiger partial charge in [0.15, 0.2) is 5.76 Å². The SMILES string of the molecule is CC(C)c1ccc(N(C(=O)c2ccco2)[C@@H](C(=O)NC2CCCC2)c2ccccc2F)cc1. The zero-order valence-corrected chi connectivity index (χ0v) is 19.0. The molecule has 1 N–H and O–H groups in total. The van der Waals surface area contributed by atoms with Crippen LogP contribution in [0.4, 0.5) is 10.1 Å². The lowest BCUT2D eigenvalue weighted by molar-refractivity contribution is -0.123. The predicted molar refractivity (Wildman–Crippen MR) is 126 cm³/mol. The smallest absolute Gasteiger partial charge is 0.294 e. The first-order valence-electron chi connectivity index (χ1n) is 11.5. The first-order chi connectivity index (χ1) is 16.0. The fourth-order valence-corrected chi connectivity index (χ4v) is 4.37. The van der Waals surface area contributed by atoms with Crippen LogP contribution in [-0.2, 0) is 4.79 Å². The van der Waals surface area contributed by atoms with Gasteiger partial charge in [-0.3, -0.25) is 14.5 Å². The van der Waals surface area contributed by atoms with Crippen molar-refractivity contribution < 1.29 is 18.4 Å². The van der Waals surface area contributed by atoms with Crippen LogP contribution in [0.1, 0.15) is 73.2 Å². The largest absolute Gasteiger partial charge is 0.459 e. The van der Waals surface area contributed by atoms with Crippen molar-refractivity contribution in [2.45, 2.75) is 57.5 Å². The van der Waals surface area contributed by atoms with Gasteiger partial charge in [-0.25, -0.2) is 4.39 Å². The number of carbonyl (C=O) groups is 2. The lowest BCUT2D eigenvalue weighted by Crippen LogP contribution is -2.46. The second-order valence-electron chi connectivity index (χ2n) is 8.81. The number of halogens is 1. The van der Waals surface area contributed by atoms with Crippen molar-refractivity contribution in [3.05, 3.63) is 89.6 Å². The lowest BCUT2D eigenvalue weighted by Gasteiger charge is -2.32. The highest BCUT2D eigenvalue weighted by atomic mass is 19.1. The van der Waals surface area contributed by atoms with Crippen LogP contribution in [0.3, 0.4) is 0 Å². The number of nitrogens with one attached hydrogen (secondary N) is 1. The Morgan fingerprint density at radius 1 is 1.00 bits per heavy atom. The Balaban J connectivity index is 1.82. The van der Waals surface area contributed by atoms with Gasteiger partial charge in [-0.15, -0.1) is 0 Å². The fourth-order valence-electron chi connectivity index (χ4n) is 4.37. The summed E-state index contributed by atoms with van der Waals surface area (Å²) >= 11 is 0. The zero-order valence-electron chi connectivity index (χ0n) is 19.0. The summed E-state index contributed by atoms with van der Waals surface area (Å²) in [5.74, 6) is -1.06. The molecule has 33 heavy (non-hydrogen) atoms. The number of carbonyl (C=O) groups excluding carboxylic acids is 2. The van der Waals surface area contributed by atoms with E-state index in [2.05, 4.69) is 19.2 Å². The molecule has 4 rings (SSSR count). The third-order valence-corrected chi connectivity index (χ3v) is 6.20. The maximum atomic E-state index is 15.0. The molecule has 0 bridgehead atoms. The summed E-state index contributed by atoms with van der Waals surface area (Å²) < 4.78 is 20.4. The van der Waals surface area contributed by atoms with Crippen LogP contribution in [0.5, 0.6) is 0 Å². The third kappa shape index (κ3) is 5.00. The van der Waals surface area contributed by atoms with Crippen molar-refractivity contribution in [2.24, 2.45) is 0 Å². The number of benzene rings is 2. The summed E-state index contributed by atoms with van der Waals surface area (Å²) in [5, 5.41) is 3.05. The Morgan fingerprint density at radius 3 is 2.30 bits per heavy atom. The zero-order chi connectivity index (χ0) is 23.4. The van der Waals surface area contributed by atoms with Gasteiger partial charge in [0.05, 0.1) is 6.26 Å². The van der Waals surface area contributed by atoms with Crippen LogP contribution in [0.25, 0.3) is 0 Å². The van der Waals surface area contributed by atoms with Crippen LogP contribution in [-0.4, -0.2) is 17.9 Å². The Labute approximate surface area is 193 Å². The molecule has 0 radical (unpaired) electrons. The number of hydrogen-bond donors (Lipinski definition) is 1. The van der Waals surface area contributed by atoms with Crippen molar-refractivity contribution in [3.63, 3.8) is 0 Å². The Bertz CT molecular complexity index is 1090. The molecule has 0 aliphatic heterocycles. The Hall–Kier alpha value is -3.41. The van der Waals surface area contributed by atoms with Gasteiger partial charge >= 0.3 is 0 Å². The Kier molecular flexibility index (Phi) is 6.92. The number of amides is 2. The number of hydrogen-bond acceptors (Lipinski definition) is 3. The molecule has 2 amide bonds. The molecular weight excluding hydrogens is 419 g/mol. The molecule has 1 aromatic heterocycles. The van der Waals surface area contributed by atoms with Crippen LogP contribution in [0.15, 0.2) is 71.3 Å². The van der Waals surface area contributed by atoms with Gasteiger partial charge in [0.1, 0.15) is 11.9 Å². The van der Waals surface area contributed by atoms with Crippen molar-refractivity contribution in [3.8, 4) is 0 Å². The summed E-state index contributed by atoms with van der Waals surface area (Å²) in [4.78, 5) is 28.6. The second kappa shape index (κ2) is 10.0. The van der Waals surface area contributed by atoms with Gasteiger partial charge in [-0.2, -0.15) is 0 Å². The van der Waals surface area contributed by atoms with Crippen molar-refractivity contribution in [1.82, 2.24) is 5.32 Å². The van der Waals surface area contributed by atoms with E-state index in [1.54, 1.807) is 42.5 Å². The third-order valence-electron chi connectivity index (χ3n) is 6.20. The van der Waals surface area contributed by atoms with Gasteiger partial charge in [0.2, 0.25) is 5.91 Å². The molecule has 6 heteroatoms. The van der Waals surface area contributed by atoms with E-state index in [1.807, 2.05) is 12.1 Å². The first-order valence-corrected chi connectivity index (χ1v) is 11.5. The molecule has 1 aliphatic carbocycles. The highest BCUT2D eigenvalue weighted by molar-refractivity contribution is 6.08. The van der Waals surface area contributed by atoms with Crippen molar-refractivity contribution in [1.29, 1.82) is 0 Å². The molecular formula is C27H29FN2O3. The first kappa shape index (κ1) is 22.8. The average molecular weight is 449 g/mol. The maximum Gasteiger partial charge on any atom is 0.294 e. The summed E-state index contributed by atoms with van der Waals surface area (Å²) in [6, 6.07) is 15.6. The van der Waals surface area contributed by atoms with Gasteiger partial charge in [-0.05, 0) is 54.7 Å². The summed E-state index contributed by atoms with van der Waals surface area (Å²) in [5.41, 5.74) is 1.73. The van der Waals surface area contributed by atoms with Crippen molar-refractivity contribution in [2.75, 3.05) is 4.90 Å². The van der Waals surface area contributed by atoms with E-state index in [1.165, 1.54) is 17.2 Å². The number of anilines is 1. The summed E-state index contributed by atoms with van der Waals surface area (Å²) in [7, 11) is 0. The summed E-state index contributed by atoms with van der Waals surface area (Å²) in [6.45, 7) is 4.16. The van der Waals surface area contributed by atoms with Crippen LogP contribution in [0.2, 0.25) is 0 Å². The van der Waals surface area contributed by atoms with Crippen molar-refractivity contribution >= 4 is 17.5 Å². The van der Waals surface area contributed by atoms with Gasteiger partial charge in [-0.1, -0.05) is 57.0 Å². The monoisotopic (exact) mass is 448 g/mol. The second-order valence-corrected chi connectivity index (χ2v) is 8.81. The lowest BCUT2D eigenvalue weighted by atomic mass is 9.99. The molecule has 1 heterocycles. The molecule has 1 fully saturated rings. The van der Waals surface area contributed by atoms with E-state index in [0.29, 0.717) is 11.6 Å². The van der Waals surface area contributed by atoms with E-state index >= 15 is 4.39 Å².